The van der Waals surface area contributed by atoms with Crippen LogP contribution in [0, 0.1) is 17.6 Å². The number of hydrogen-bond donors (Lipinski definition) is 1. The predicted molar refractivity (Wildman–Crippen MR) is 71.2 cm³/mol. The number of nitrogens with zero attached hydrogens (tertiary/aromatic N) is 2. The quantitative estimate of drug-likeness (QED) is 0.914. The van der Waals surface area contributed by atoms with Crippen molar-refractivity contribution in [3.63, 3.8) is 0 Å². The van der Waals surface area contributed by atoms with Gasteiger partial charge in [-0.3, -0.25) is 9.59 Å². The van der Waals surface area contributed by atoms with Gasteiger partial charge in [-0.15, -0.1) is 0 Å². The van der Waals surface area contributed by atoms with E-state index < -0.39 is 17.5 Å². The van der Waals surface area contributed by atoms with E-state index in [9.17, 15) is 18.4 Å². The Morgan fingerprint density at radius 3 is 2.86 bits per heavy atom. The van der Waals surface area contributed by atoms with Gasteiger partial charge in [0, 0.05) is 25.6 Å². The van der Waals surface area contributed by atoms with Crippen molar-refractivity contribution in [3.05, 3.63) is 29.6 Å². The van der Waals surface area contributed by atoms with Gasteiger partial charge in [-0.2, -0.15) is 0 Å². The molecule has 1 fully saturated rings. The summed E-state index contributed by atoms with van der Waals surface area (Å²) in [4.78, 5) is 28.1. The minimum absolute atomic E-state index is 0.165. The lowest BCUT2D eigenvalue weighted by Crippen LogP contribution is -2.40. The van der Waals surface area contributed by atoms with E-state index in [1.165, 1.54) is 4.90 Å². The molecule has 1 saturated heterocycles. The number of rotatable bonds is 4. The van der Waals surface area contributed by atoms with Crippen molar-refractivity contribution in [2.24, 2.45) is 11.7 Å². The summed E-state index contributed by atoms with van der Waals surface area (Å²) >= 11 is 0. The van der Waals surface area contributed by atoms with Crippen LogP contribution in [0.3, 0.4) is 0 Å². The first-order chi connectivity index (χ1) is 9.97. The second kappa shape index (κ2) is 6.60. The van der Waals surface area contributed by atoms with Gasteiger partial charge in [-0.05, 0) is 25.2 Å². The zero-order valence-corrected chi connectivity index (χ0v) is 11.5. The number of hydrogen-bond acceptors (Lipinski definition) is 3. The van der Waals surface area contributed by atoms with E-state index in [4.69, 9.17) is 5.73 Å². The van der Waals surface area contributed by atoms with Crippen LogP contribution in [0.5, 0.6) is 0 Å². The van der Waals surface area contributed by atoms with Crippen LogP contribution >= 0.6 is 0 Å². The summed E-state index contributed by atoms with van der Waals surface area (Å²) in [5, 5.41) is 0. The largest absolute Gasteiger partial charge is 0.370 e. The molecule has 0 spiro atoms. The monoisotopic (exact) mass is 297 g/mol. The standard InChI is InChI=1S/C14H17F2N3O2/c15-10-6-11(16)13(18-7-10)14(21)19-5-1-2-9(8-19)3-4-12(17)20/h6-7,9H,1-5,8H2,(H2,17,20)/t9-/m1/s1. The molecule has 2 rings (SSSR count). The summed E-state index contributed by atoms with van der Waals surface area (Å²) in [6, 6.07) is 0.648. The minimum Gasteiger partial charge on any atom is -0.370 e. The van der Waals surface area contributed by atoms with E-state index in [-0.39, 0.29) is 23.9 Å². The van der Waals surface area contributed by atoms with E-state index in [1.54, 1.807) is 0 Å². The fourth-order valence-corrected chi connectivity index (χ4v) is 2.55. The lowest BCUT2D eigenvalue weighted by atomic mass is 9.93. The van der Waals surface area contributed by atoms with Crippen LogP contribution in [-0.2, 0) is 4.79 Å². The van der Waals surface area contributed by atoms with Crippen LogP contribution < -0.4 is 5.73 Å². The van der Waals surface area contributed by atoms with Crippen LogP contribution in [0.25, 0.3) is 0 Å². The third-order valence-corrected chi connectivity index (χ3v) is 3.62. The number of pyridine rings is 1. The van der Waals surface area contributed by atoms with Crippen molar-refractivity contribution in [2.45, 2.75) is 25.7 Å². The first kappa shape index (κ1) is 15.3. The zero-order chi connectivity index (χ0) is 15.4. The smallest absolute Gasteiger partial charge is 0.275 e. The van der Waals surface area contributed by atoms with Gasteiger partial charge in [0.2, 0.25) is 5.91 Å². The SMILES string of the molecule is NC(=O)CC[C@H]1CCCN(C(=O)c2ncc(F)cc2F)C1. The molecule has 1 aliphatic heterocycles. The van der Waals surface area contributed by atoms with Gasteiger partial charge in [0.05, 0.1) is 6.20 Å². The molecule has 5 nitrogen and oxygen atoms in total. The maximum absolute atomic E-state index is 13.6. The molecular formula is C14H17F2N3O2. The molecule has 1 aliphatic rings. The van der Waals surface area contributed by atoms with E-state index in [0.717, 1.165) is 19.0 Å². The lowest BCUT2D eigenvalue weighted by molar-refractivity contribution is -0.118. The highest BCUT2D eigenvalue weighted by Gasteiger charge is 2.27. The molecule has 2 N–H and O–H groups in total. The van der Waals surface area contributed by atoms with Crippen molar-refractivity contribution < 1.29 is 18.4 Å². The summed E-state index contributed by atoms with van der Waals surface area (Å²) in [7, 11) is 0. The topological polar surface area (TPSA) is 76.3 Å². The Morgan fingerprint density at radius 2 is 2.19 bits per heavy atom. The van der Waals surface area contributed by atoms with Gasteiger partial charge in [-0.25, -0.2) is 13.8 Å². The number of primary amides is 1. The van der Waals surface area contributed by atoms with E-state index in [1.807, 2.05) is 0 Å². The average molecular weight is 297 g/mol. The highest BCUT2D eigenvalue weighted by atomic mass is 19.1. The van der Waals surface area contributed by atoms with Crippen molar-refractivity contribution >= 4 is 11.8 Å². The molecule has 0 radical (unpaired) electrons. The maximum Gasteiger partial charge on any atom is 0.275 e. The Bertz CT molecular complexity index is 551. The average Bonchev–Trinajstić information content (AvgIpc) is 2.45. The molecule has 2 heterocycles. The molecule has 21 heavy (non-hydrogen) atoms. The highest BCUT2D eigenvalue weighted by Crippen LogP contribution is 2.22. The van der Waals surface area contributed by atoms with Crippen molar-refractivity contribution in [1.29, 1.82) is 0 Å². The number of carbonyl (C=O) groups excluding carboxylic acids is 2. The van der Waals surface area contributed by atoms with Gasteiger partial charge < -0.3 is 10.6 Å². The lowest BCUT2D eigenvalue weighted by Gasteiger charge is -2.32. The second-order valence-corrected chi connectivity index (χ2v) is 5.25. The number of aromatic nitrogens is 1. The Labute approximate surface area is 121 Å². The van der Waals surface area contributed by atoms with Gasteiger partial charge in [-0.1, -0.05) is 0 Å². The zero-order valence-electron chi connectivity index (χ0n) is 11.5. The van der Waals surface area contributed by atoms with Gasteiger partial charge in [0.15, 0.2) is 11.5 Å². The first-order valence-corrected chi connectivity index (χ1v) is 6.86. The summed E-state index contributed by atoms with van der Waals surface area (Å²) in [6.45, 7) is 0.939. The fourth-order valence-electron chi connectivity index (χ4n) is 2.55. The fraction of sp³-hybridized carbons (Fsp3) is 0.500. The number of likely N-dealkylation sites (tertiary alicyclic amines) is 1. The molecule has 0 bridgehead atoms. The van der Waals surface area contributed by atoms with Crippen LogP contribution in [0.1, 0.15) is 36.2 Å². The molecule has 0 unspecified atom stereocenters. The van der Waals surface area contributed by atoms with Crippen molar-refractivity contribution in [3.8, 4) is 0 Å². The summed E-state index contributed by atoms with van der Waals surface area (Å²) in [5.74, 6) is -2.53. The number of halogens is 2. The molecule has 1 aromatic rings. The summed E-state index contributed by atoms with van der Waals surface area (Å²) in [5.41, 5.74) is 4.75. The minimum atomic E-state index is -0.959. The number of amides is 2. The molecule has 0 aromatic carbocycles. The molecular weight excluding hydrogens is 280 g/mol. The van der Waals surface area contributed by atoms with E-state index in [2.05, 4.69) is 4.98 Å². The summed E-state index contributed by atoms with van der Waals surface area (Å²) in [6.07, 6.45) is 3.38. The van der Waals surface area contributed by atoms with Gasteiger partial charge in [0.1, 0.15) is 5.82 Å². The molecule has 0 aliphatic carbocycles. The van der Waals surface area contributed by atoms with Gasteiger partial charge in [0.25, 0.3) is 5.91 Å². The second-order valence-electron chi connectivity index (χ2n) is 5.25. The Kier molecular flexibility index (Phi) is 4.82. The molecule has 1 atom stereocenters. The van der Waals surface area contributed by atoms with Crippen LogP contribution in [-0.4, -0.2) is 34.8 Å². The first-order valence-electron chi connectivity index (χ1n) is 6.86. The molecule has 2 amide bonds. The predicted octanol–water partition coefficient (Wildman–Crippen LogP) is 1.48. The highest BCUT2D eigenvalue weighted by molar-refractivity contribution is 5.92. The van der Waals surface area contributed by atoms with E-state index in [0.29, 0.717) is 25.6 Å². The Morgan fingerprint density at radius 1 is 1.43 bits per heavy atom. The number of carbonyl (C=O) groups is 2. The van der Waals surface area contributed by atoms with E-state index >= 15 is 0 Å². The molecule has 1 aromatic heterocycles. The third kappa shape index (κ3) is 3.96. The van der Waals surface area contributed by atoms with Crippen LogP contribution in [0.2, 0.25) is 0 Å². The maximum atomic E-state index is 13.6. The molecule has 7 heteroatoms. The normalized spacial score (nSPS) is 18.6. The molecule has 114 valence electrons. The number of nitrogens with two attached hydrogens (primary N) is 1. The van der Waals surface area contributed by atoms with Crippen LogP contribution in [0.4, 0.5) is 8.78 Å². The number of piperidine rings is 1. The summed E-state index contributed by atoms with van der Waals surface area (Å²) < 4.78 is 26.4. The van der Waals surface area contributed by atoms with Crippen molar-refractivity contribution in [2.75, 3.05) is 13.1 Å². The van der Waals surface area contributed by atoms with Crippen LogP contribution in [0.15, 0.2) is 12.3 Å². The van der Waals surface area contributed by atoms with Gasteiger partial charge >= 0.3 is 0 Å². The Hall–Kier alpha value is -2.05. The van der Waals surface area contributed by atoms with Crippen molar-refractivity contribution in [1.82, 2.24) is 9.88 Å². The Balaban J connectivity index is 2.03. The third-order valence-electron chi connectivity index (χ3n) is 3.62. The molecule has 0 saturated carbocycles.